The van der Waals surface area contributed by atoms with E-state index in [9.17, 15) is 9.59 Å². The maximum absolute atomic E-state index is 11.8. The fraction of sp³-hybridized carbons (Fsp3) is 0.909. The lowest BCUT2D eigenvalue weighted by Crippen LogP contribution is -2.16. The van der Waals surface area contributed by atoms with Gasteiger partial charge in [0.2, 0.25) is 0 Å². The molecule has 0 saturated heterocycles. The van der Waals surface area contributed by atoms with Gasteiger partial charge in [-0.1, -0.05) is 52.4 Å². The van der Waals surface area contributed by atoms with E-state index in [0.29, 0.717) is 25.7 Å². The van der Waals surface area contributed by atoms with Crippen LogP contribution in [0, 0.1) is 0 Å². The Kier molecular flexibility index (Phi) is 16.7. The second-order valence-electron chi connectivity index (χ2n) is 7.51. The zero-order chi connectivity index (χ0) is 19.6. The van der Waals surface area contributed by atoms with Crippen LogP contribution in [0.25, 0.3) is 0 Å². The lowest BCUT2D eigenvalue weighted by molar-refractivity contribution is -0.151. The highest BCUT2D eigenvalue weighted by molar-refractivity contribution is 5.70. The summed E-state index contributed by atoms with van der Waals surface area (Å²) in [5.74, 6) is -0.295. The largest absolute Gasteiger partial charge is 0.463 e. The van der Waals surface area contributed by atoms with Crippen molar-refractivity contribution < 1.29 is 19.1 Å². The highest BCUT2D eigenvalue weighted by Crippen LogP contribution is 2.12. The fourth-order valence-electron chi connectivity index (χ4n) is 2.94. The Morgan fingerprint density at radius 2 is 1.00 bits per heavy atom. The minimum absolute atomic E-state index is 0.00196. The maximum Gasteiger partial charge on any atom is 0.306 e. The molecule has 0 aromatic heterocycles. The molecule has 0 aliphatic rings. The Hall–Kier alpha value is -1.06. The van der Waals surface area contributed by atoms with Crippen LogP contribution >= 0.6 is 0 Å². The lowest BCUT2D eigenvalue weighted by Gasteiger charge is -2.14. The smallest absolute Gasteiger partial charge is 0.306 e. The molecule has 0 heterocycles. The molecule has 0 N–H and O–H groups in total. The van der Waals surface area contributed by atoms with Crippen LogP contribution in [0.4, 0.5) is 0 Å². The highest BCUT2D eigenvalue weighted by Gasteiger charge is 2.12. The monoisotopic (exact) mass is 370 g/mol. The molecule has 4 heteroatoms. The van der Waals surface area contributed by atoms with Crippen molar-refractivity contribution in [1.82, 2.24) is 0 Å². The molecule has 0 bridgehead atoms. The van der Waals surface area contributed by atoms with Crippen molar-refractivity contribution in [3.05, 3.63) is 0 Å². The molecule has 26 heavy (non-hydrogen) atoms. The number of unbranched alkanes of at least 4 members (excludes halogenated alkanes) is 7. The van der Waals surface area contributed by atoms with Gasteiger partial charge < -0.3 is 9.47 Å². The van der Waals surface area contributed by atoms with Gasteiger partial charge in [-0.05, 0) is 52.4 Å². The molecule has 0 radical (unpaired) electrons. The van der Waals surface area contributed by atoms with E-state index in [1.54, 1.807) is 0 Å². The number of ether oxygens (including phenoxy) is 2. The number of carbonyl (C=O) groups is 2. The van der Waals surface area contributed by atoms with Crippen LogP contribution in [0.15, 0.2) is 0 Å². The first-order chi connectivity index (χ1) is 12.5. The third kappa shape index (κ3) is 16.4. The third-order valence-electron chi connectivity index (χ3n) is 4.61. The van der Waals surface area contributed by atoms with Crippen LogP contribution in [0.5, 0.6) is 0 Å². The van der Waals surface area contributed by atoms with Crippen LogP contribution in [-0.2, 0) is 19.1 Å². The molecule has 0 amide bonds. The van der Waals surface area contributed by atoms with Crippen LogP contribution in [0.1, 0.15) is 118 Å². The van der Waals surface area contributed by atoms with E-state index in [1.807, 2.05) is 13.8 Å². The standard InChI is InChI=1S/C22H42O4/c1-5-7-9-11-15-19(3)25-21(23)17-13-14-18-22(24)26-20(4)16-12-10-8-6-2/h19-20H,5-18H2,1-4H3/t19-,20-/m0/s1. The van der Waals surface area contributed by atoms with Gasteiger partial charge in [0.25, 0.3) is 0 Å². The van der Waals surface area contributed by atoms with E-state index in [1.165, 1.54) is 38.5 Å². The van der Waals surface area contributed by atoms with Crippen molar-refractivity contribution in [3.63, 3.8) is 0 Å². The summed E-state index contributed by atoms with van der Waals surface area (Å²) in [6, 6.07) is 0. The van der Waals surface area contributed by atoms with Crippen molar-refractivity contribution >= 4 is 11.9 Å². The van der Waals surface area contributed by atoms with E-state index in [4.69, 9.17) is 9.47 Å². The van der Waals surface area contributed by atoms with Gasteiger partial charge in [-0.25, -0.2) is 0 Å². The second kappa shape index (κ2) is 17.4. The van der Waals surface area contributed by atoms with E-state index in [0.717, 1.165) is 25.7 Å². The summed E-state index contributed by atoms with van der Waals surface area (Å²) in [6.07, 6.45) is 13.6. The van der Waals surface area contributed by atoms with Gasteiger partial charge in [0, 0.05) is 12.8 Å². The Balaban J connectivity index is 3.61. The Morgan fingerprint density at radius 1 is 0.615 bits per heavy atom. The summed E-state index contributed by atoms with van der Waals surface area (Å²) < 4.78 is 10.8. The van der Waals surface area contributed by atoms with Crippen molar-refractivity contribution in [1.29, 1.82) is 0 Å². The molecule has 0 rings (SSSR count). The van der Waals surface area contributed by atoms with Crippen molar-refractivity contribution in [2.45, 2.75) is 130 Å². The first kappa shape index (κ1) is 24.9. The van der Waals surface area contributed by atoms with E-state index < -0.39 is 0 Å². The highest BCUT2D eigenvalue weighted by atomic mass is 16.5. The van der Waals surface area contributed by atoms with Crippen molar-refractivity contribution in [2.75, 3.05) is 0 Å². The quantitative estimate of drug-likeness (QED) is 0.221. The Morgan fingerprint density at radius 3 is 1.35 bits per heavy atom. The maximum atomic E-state index is 11.8. The second-order valence-corrected chi connectivity index (χ2v) is 7.51. The molecule has 0 aliphatic carbocycles. The van der Waals surface area contributed by atoms with Gasteiger partial charge in [-0.15, -0.1) is 0 Å². The average molecular weight is 371 g/mol. The van der Waals surface area contributed by atoms with Gasteiger partial charge in [-0.3, -0.25) is 9.59 Å². The van der Waals surface area contributed by atoms with Crippen LogP contribution in [0.2, 0.25) is 0 Å². The SMILES string of the molecule is CCCCCC[C@H](C)OC(=O)CCCCC(=O)O[C@@H](C)CCCCCC. The zero-order valence-corrected chi connectivity index (χ0v) is 17.7. The first-order valence-electron chi connectivity index (χ1n) is 10.9. The van der Waals surface area contributed by atoms with Crippen molar-refractivity contribution in [3.8, 4) is 0 Å². The molecule has 0 aromatic carbocycles. The molecule has 0 aliphatic heterocycles. The van der Waals surface area contributed by atoms with Crippen LogP contribution < -0.4 is 0 Å². The molecule has 2 atom stereocenters. The average Bonchev–Trinajstić information content (AvgIpc) is 2.59. The molecule has 0 saturated carbocycles. The molecule has 0 unspecified atom stereocenters. The van der Waals surface area contributed by atoms with Gasteiger partial charge in [0.15, 0.2) is 0 Å². The number of carbonyl (C=O) groups excluding carboxylic acids is 2. The lowest BCUT2D eigenvalue weighted by atomic mass is 10.1. The third-order valence-corrected chi connectivity index (χ3v) is 4.61. The summed E-state index contributed by atoms with van der Waals surface area (Å²) in [5.41, 5.74) is 0. The first-order valence-corrected chi connectivity index (χ1v) is 10.9. The molecule has 0 fully saturated rings. The van der Waals surface area contributed by atoms with Crippen molar-refractivity contribution in [2.24, 2.45) is 0 Å². The van der Waals surface area contributed by atoms with Gasteiger partial charge >= 0.3 is 11.9 Å². The molecular formula is C22H42O4. The molecule has 154 valence electrons. The molecule has 4 nitrogen and oxygen atoms in total. The number of esters is 2. The molecule has 0 aromatic rings. The predicted octanol–water partition coefficient (Wildman–Crippen LogP) is 6.35. The zero-order valence-electron chi connectivity index (χ0n) is 17.7. The summed E-state index contributed by atoms with van der Waals surface area (Å²) in [5, 5.41) is 0. The minimum Gasteiger partial charge on any atom is -0.463 e. The van der Waals surface area contributed by atoms with Crippen LogP contribution in [-0.4, -0.2) is 24.1 Å². The number of rotatable bonds is 17. The number of hydrogen-bond acceptors (Lipinski definition) is 4. The van der Waals surface area contributed by atoms with Gasteiger partial charge in [-0.2, -0.15) is 0 Å². The predicted molar refractivity (Wildman–Crippen MR) is 107 cm³/mol. The Labute approximate surface area is 161 Å². The van der Waals surface area contributed by atoms with E-state index >= 15 is 0 Å². The summed E-state index contributed by atoms with van der Waals surface area (Å²) in [4.78, 5) is 23.6. The Bertz CT molecular complexity index is 320. The minimum atomic E-state index is -0.148. The summed E-state index contributed by atoms with van der Waals surface area (Å²) in [7, 11) is 0. The number of hydrogen-bond donors (Lipinski definition) is 0. The molecule has 0 spiro atoms. The van der Waals surface area contributed by atoms with Gasteiger partial charge in [0.1, 0.15) is 0 Å². The normalized spacial score (nSPS) is 13.2. The van der Waals surface area contributed by atoms with Crippen LogP contribution in [0.3, 0.4) is 0 Å². The van der Waals surface area contributed by atoms with E-state index in [2.05, 4.69) is 13.8 Å². The summed E-state index contributed by atoms with van der Waals surface area (Å²) >= 11 is 0. The summed E-state index contributed by atoms with van der Waals surface area (Å²) in [6.45, 7) is 8.30. The van der Waals surface area contributed by atoms with E-state index in [-0.39, 0.29) is 24.1 Å². The molecular weight excluding hydrogens is 328 g/mol. The topological polar surface area (TPSA) is 52.6 Å². The fourth-order valence-corrected chi connectivity index (χ4v) is 2.94. The van der Waals surface area contributed by atoms with Gasteiger partial charge in [0.05, 0.1) is 12.2 Å².